The van der Waals surface area contributed by atoms with Gasteiger partial charge in [-0.05, 0) is 74.0 Å². The predicted molar refractivity (Wildman–Crippen MR) is 104 cm³/mol. The number of anilines is 2. The summed E-state index contributed by atoms with van der Waals surface area (Å²) in [6.07, 6.45) is -4.40. The second-order valence-corrected chi connectivity index (χ2v) is 6.43. The molecule has 3 aromatic rings. The van der Waals surface area contributed by atoms with Crippen molar-refractivity contribution >= 4 is 17.4 Å². The summed E-state index contributed by atoms with van der Waals surface area (Å²) in [4.78, 5) is 16.6. The lowest BCUT2D eigenvalue weighted by atomic mass is 10.1. The third-order valence-electron chi connectivity index (χ3n) is 4.27. The summed E-state index contributed by atoms with van der Waals surface area (Å²) >= 11 is 0. The third kappa shape index (κ3) is 4.84. The summed E-state index contributed by atoms with van der Waals surface area (Å²) in [5, 5.41) is 2.72. The summed E-state index contributed by atoms with van der Waals surface area (Å²) in [5.74, 6) is 0.432. The van der Waals surface area contributed by atoms with Crippen molar-refractivity contribution < 1.29 is 22.7 Å². The predicted octanol–water partition coefficient (Wildman–Crippen LogP) is 5.34. The van der Waals surface area contributed by atoms with E-state index >= 15 is 0 Å². The number of carbonyl (C=O) groups excluding carboxylic acids is 1. The van der Waals surface area contributed by atoms with Gasteiger partial charge in [-0.15, -0.1) is 0 Å². The summed E-state index contributed by atoms with van der Waals surface area (Å²) in [6.45, 7) is 3.65. The average molecular weight is 401 g/mol. The molecule has 29 heavy (non-hydrogen) atoms. The van der Waals surface area contributed by atoms with Gasteiger partial charge in [0.2, 0.25) is 0 Å². The number of nitrogens with two attached hydrogens (primary N) is 1. The largest absolute Gasteiger partial charge is 0.457 e. The van der Waals surface area contributed by atoms with E-state index in [1.54, 1.807) is 30.3 Å². The third-order valence-corrected chi connectivity index (χ3v) is 4.27. The lowest BCUT2D eigenvalue weighted by Crippen LogP contribution is -2.15. The number of benzene rings is 2. The van der Waals surface area contributed by atoms with Crippen LogP contribution in [0.3, 0.4) is 0 Å². The van der Waals surface area contributed by atoms with Crippen LogP contribution in [0, 0.1) is 13.8 Å². The number of alkyl halides is 3. The molecule has 0 aliphatic rings. The zero-order chi connectivity index (χ0) is 21.2. The zero-order valence-electron chi connectivity index (χ0n) is 15.7. The maximum Gasteiger partial charge on any atom is 0.416 e. The minimum Gasteiger partial charge on any atom is -0.457 e. The Kier molecular flexibility index (Phi) is 5.45. The molecule has 0 aliphatic carbocycles. The Balaban J connectivity index is 1.67. The number of nitrogens with zero attached hydrogens (tertiary/aromatic N) is 1. The molecule has 0 fully saturated rings. The lowest BCUT2D eigenvalue weighted by molar-refractivity contribution is -0.137. The van der Waals surface area contributed by atoms with Crippen molar-refractivity contribution in [2.45, 2.75) is 20.0 Å². The van der Waals surface area contributed by atoms with Gasteiger partial charge in [-0.25, -0.2) is 4.98 Å². The monoisotopic (exact) mass is 401 g/mol. The van der Waals surface area contributed by atoms with Crippen LogP contribution in [-0.2, 0) is 6.18 Å². The second-order valence-electron chi connectivity index (χ2n) is 6.43. The fourth-order valence-corrected chi connectivity index (χ4v) is 2.56. The van der Waals surface area contributed by atoms with Crippen LogP contribution in [0.15, 0.2) is 54.6 Å². The summed E-state index contributed by atoms with van der Waals surface area (Å²) in [5.41, 5.74) is 7.47. The van der Waals surface area contributed by atoms with Crippen LogP contribution < -0.4 is 15.8 Å². The number of nitrogen functional groups attached to an aromatic ring is 1. The molecule has 3 rings (SSSR count). The molecule has 0 saturated heterocycles. The quantitative estimate of drug-likeness (QED) is 0.618. The van der Waals surface area contributed by atoms with Gasteiger partial charge in [-0.3, -0.25) is 4.79 Å². The second kappa shape index (κ2) is 7.83. The Bertz CT molecular complexity index is 1030. The van der Waals surface area contributed by atoms with Crippen LogP contribution in [0.4, 0.5) is 24.7 Å². The SMILES string of the molecule is Cc1cc(C(=O)Nc2ccc(Oc3ccc(C(F)(F)F)cc3)cc2)c(N)nc1C. The minimum absolute atomic E-state index is 0.146. The van der Waals surface area contributed by atoms with Crippen LogP contribution in [0.25, 0.3) is 0 Å². The van der Waals surface area contributed by atoms with E-state index in [0.717, 1.165) is 23.4 Å². The fraction of sp³-hybridized carbons (Fsp3) is 0.143. The van der Waals surface area contributed by atoms with Gasteiger partial charge in [0.15, 0.2) is 0 Å². The molecule has 1 aromatic heterocycles. The smallest absolute Gasteiger partial charge is 0.416 e. The van der Waals surface area contributed by atoms with Crippen molar-refractivity contribution in [1.29, 1.82) is 0 Å². The first-order valence-corrected chi connectivity index (χ1v) is 8.64. The lowest BCUT2D eigenvalue weighted by Gasteiger charge is -2.11. The zero-order valence-corrected chi connectivity index (χ0v) is 15.7. The molecule has 2 aromatic carbocycles. The highest BCUT2D eigenvalue weighted by Gasteiger charge is 2.30. The Morgan fingerprint density at radius 2 is 1.55 bits per heavy atom. The molecule has 0 bridgehead atoms. The fourth-order valence-electron chi connectivity index (χ4n) is 2.56. The molecule has 0 radical (unpaired) electrons. The van der Waals surface area contributed by atoms with E-state index in [9.17, 15) is 18.0 Å². The van der Waals surface area contributed by atoms with Gasteiger partial charge in [0.25, 0.3) is 5.91 Å². The van der Waals surface area contributed by atoms with Crippen LogP contribution in [-0.4, -0.2) is 10.9 Å². The van der Waals surface area contributed by atoms with E-state index in [1.165, 1.54) is 12.1 Å². The molecule has 0 aliphatic heterocycles. The van der Waals surface area contributed by atoms with Crippen LogP contribution in [0.1, 0.15) is 27.2 Å². The number of amides is 1. The molecule has 0 spiro atoms. The molecule has 1 heterocycles. The van der Waals surface area contributed by atoms with Gasteiger partial charge < -0.3 is 15.8 Å². The molecular weight excluding hydrogens is 383 g/mol. The van der Waals surface area contributed by atoms with Crippen molar-refractivity contribution in [2.24, 2.45) is 0 Å². The van der Waals surface area contributed by atoms with Crippen LogP contribution in [0.5, 0.6) is 11.5 Å². The molecule has 3 N–H and O–H groups in total. The summed E-state index contributed by atoms with van der Waals surface area (Å²) in [7, 11) is 0. The Morgan fingerprint density at radius 1 is 1.00 bits per heavy atom. The number of rotatable bonds is 4. The first-order chi connectivity index (χ1) is 13.6. The van der Waals surface area contributed by atoms with E-state index in [2.05, 4.69) is 10.3 Å². The Hall–Kier alpha value is -3.55. The van der Waals surface area contributed by atoms with Gasteiger partial charge in [-0.1, -0.05) is 0 Å². The van der Waals surface area contributed by atoms with Gasteiger partial charge in [-0.2, -0.15) is 13.2 Å². The Morgan fingerprint density at radius 3 is 2.10 bits per heavy atom. The molecule has 0 atom stereocenters. The minimum atomic E-state index is -4.40. The Labute approximate surface area is 165 Å². The van der Waals surface area contributed by atoms with Crippen molar-refractivity contribution in [3.05, 3.63) is 77.0 Å². The number of ether oxygens (including phenoxy) is 1. The molecule has 150 valence electrons. The molecular formula is C21H18F3N3O2. The average Bonchev–Trinajstić information content (AvgIpc) is 2.66. The van der Waals surface area contributed by atoms with E-state index < -0.39 is 17.6 Å². The molecule has 0 unspecified atom stereocenters. The first-order valence-electron chi connectivity index (χ1n) is 8.64. The van der Waals surface area contributed by atoms with E-state index in [1.807, 2.05) is 13.8 Å². The van der Waals surface area contributed by atoms with Gasteiger partial charge >= 0.3 is 6.18 Å². The molecule has 0 saturated carbocycles. The normalized spacial score (nSPS) is 11.2. The molecule has 5 nitrogen and oxygen atoms in total. The maximum atomic E-state index is 12.6. The standard InChI is InChI=1S/C21H18F3N3O2/c1-12-11-18(19(25)26-13(12)2)20(28)27-15-5-9-17(10-6-15)29-16-7-3-14(4-8-16)21(22,23)24/h3-11H,1-2H3,(H2,25,26)(H,27,28). The number of hydrogen-bond donors (Lipinski definition) is 2. The van der Waals surface area contributed by atoms with E-state index in [0.29, 0.717) is 11.4 Å². The number of aryl methyl sites for hydroxylation is 2. The summed E-state index contributed by atoms with van der Waals surface area (Å²) < 4.78 is 43.3. The van der Waals surface area contributed by atoms with Gasteiger partial charge in [0.05, 0.1) is 11.1 Å². The van der Waals surface area contributed by atoms with Gasteiger partial charge in [0, 0.05) is 11.4 Å². The number of aromatic nitrogens is 1. The van der Waals surface area contributed by atoms with Crippen molar-refractivity contribution in [3.63, 3.8) is 0 Å². The first kappa shape index (κ1) is 20.2. The molecule has 1 amide bonds. The highest BCUT2D eigenvalue weighted by atomic mass is 19.4. The van der Waals surface area contributed by atoms with Gasteiger partial charge in [0.1, 0.15) is 17.3 Å². The topological polar surface area (TPSA) is 77.2 Å². The maximum absolute atomic E-state index is 12.6. The van der Waals surface area contributed by atoms with Crippen molar-refractivity contribution in [3.8, 4) is 11.5 Å². The van der Waals surface area contributed by atoms with Crippen LogP contribution in [0.2, 0.25) is 0 Å². The highest BCUT2D eigenvalue weighted by Crippen LogP contribution is 2.31. The molecule has 8 heteroatoms. The number of nitrogens with one attached hydrogen (secondary N) is 1. The van der Waals surface area contributed by atoms with Crippen molar-refractivity contribution in [2.75, 3.05) is 11.1 Å². The number of hydrogen-bond acceptors (Lipinski definition) is 4. The number of halogens is 3. The van der Waals surface area contributed by atoms with E-state index in [4.69, 9.17) is 10.5 Å². The summed E-state index contributed by atoms with van der Waals surface area (Å²) in [6, 6.07) is 12.5. The van der Waals surface area contributed by atoms with E-state index in [-0.39, 0.29) is 17.1 Å². The van der Waals surface area contributed by atoms with Crippen molar-refractivity contribution in [1.82, 2.24) is 4.98 Å². The number of pyridine rings is 1. The van der Waals surface area contributed by atoms with Crippen LogP contribution >= 0.6 is 0 Å². The highest BCUT2D eigenvalue weighted by molar-refractivity contribution is 6.07. The number of carbonyl (C=O) groups is 1.